The first kappa shape index (κ1) is 14.0. The van der Waals surface area contributed by atoms with Crippen LogP contribution in [0, 0.1) is 0 Å². The minimum absolute atomic E-state index is 0.225. The lowest BCUT2D eigenvalue weighted by molar-refractivity contribution is -0.141. The zero-order valence-electron chi connectivity index (χ0n) is 10.8. The summed E-state index contributed by atoms with van der Waals surface area (Å²) in [4.78, 5) is 22.0. The molecule has 0 aliphatic carbocycles. The maximum absolute atomic E-state index is 11.8. The molecular formula is C16H14O4. The highest BCUT2D eigenvalue weighted by Crippen LogP contribution is 2.19. The highest BCUT2D eigenvalue weighted by Gasteiger charge is 2.07. The van der Waals surface area contributed by atoms with Gasteiger partial charge in [0.25, 0.3) is 0 Å². The van der Waals surface area contributed by atoms with Crippen molar-refractivity contribution in [3.05, 3.63) is 60.2 Å². The monoisotopic (exact) mass is 270 g/mol. The highest BCUT2D eigenvalue weighted by atomic mass is 16.5. The van der Waals surface area contributed by atoms with E-state index in [4.69, 9.17) is 9.84 Å². The SMILES string of the molecule is O=C(O)COCC(=O)c1ccc(-c2ccccc2)cc1. The van der Waals surface area contributed by atoms with Crippen molar-refractivity contribution in [3.63, 3.8) is 0 Å². The van der Waals surface area contributed by atoms with E-state index in [1.807, 2.05) is 42.5 Å². The summed E-state index contributed by atoms with van der Waals surface area (Å²) in [6, 6.07) is 17.0. The van der Waals surface area contributed by atoms with E-state index in [2.05, 4.69) is 0 Å². The number of rotatable bonds is 6. The summed E-state index contributed by atoms with van der Waals surface area (Å²) in [5.74, 6) is -1.32. The molecule has 20 heavy (non-hydrogen) atoms. The van der Waals surface area contributed by atoms with Gasteiger partial charge in [-0.15, -0.1) is 0 Å². The zero-order valence-corrected chi connectivity index (χ0v) is 10.8. The molecule has 0 aliphatic rings. The lowest BCUT2D eigenvalue weighted by Gasteiger charge is -2.04. The maximum atomic E-state index is 11.8. The molecule has 0 atom stereocenters. The van der Waals surface area contributed by atoms with E-state index >= 15 is 0 Å². The first-order valence-electron chi connectivity index (χ1n) is 6.15. The Morgan fingerprint density at radius 3 is 2.05 bits per heavy atom. The maximum Gasteiger partial charge on any atom is 0.329 e. The lowest BCUT2D eigenvalue weighted by Crippen LogP contribution is -2.14. The topological polar surface area (TPSA) is 63.6 Å². The molecule has 4 nitrogen and oxygen atoms in total. The van der Waals surface area contributed by atoms with Gasteiger partial charge in [-0.2, -0.15) is 0 Å². The molecule has 0 spiro atoms. The number of carboxylic acids is 1. The molecule has 0 amide bonds. The van der Waals surface area contributed by atoms with Gasteiger partial charge in [0.2, 0.25) is 0 Å². The Bertz CT molecular complexity index is 588. The number of carbonyl (C=O) groups is 2. The van der Waals surface area contributed by atoms with Crippen LogP contribution in [0.4, 0.5) is 0 Å². The fraction of sp³-hybridized carbons (Fsp3) is 0.125. The highest BCUT2D eigenvalue weighted by molar-refractivity contribution is 5.97. The molecule has 1 N–H and O–H groups in total. The number of hydrogen-bond donors (Lipinski definition) is 1. The van der Waals surface area contributed by atoms with Crippen molar-refractivity contribution in [3.8, 4) is 11.1 Å². The molecule has 2 aromatic carbocycles. The number of ketones is 1. The van der Waals surface area contributed by atoms with Crippen molar-refractivity contribution in [1.29, 1.82) is 0 Å². The van der Waals surface area contributed by atoms with Gasteiger partial charge in [-0.1, -0.05) is 54.6 Å². The van der Waals surface area contributed by atoms with Crippen LogP contribution >= 0.6 is 0 Å². The van der Waals surface area contributed by atoms with Crippen molar-refractivity contribution in [2.24, 2.45) is 0 Å². The minimum Gasteiger partial charge on any atom is -0.480 e. The van der Waals surface area contributed by atoms with E-state index in [0.29, 0.717) is 5.56 Å². The predicted molar refractivity (Wildman–Crippen MR) is 74.7 cm³/mol. The third-order valence-electron chi connectivity index (χ3n) is 2.77. The Balaban J connectivity index is 2.01. The van der Waals surface area contributed by atoms with Crippen LogP contribution in [0.15, 0.2) is 54.6 Å². The van der Waals surface area contributed by atoms with Crippen LogP contribution in [0.3, 0.4) is 0 Å². The molecule has 2 aromatic rings. The molecule has 0 bridgehead atoms. The van der Waals surface area contributed by atoms with Gasteiger partial charge >= 0.3 is 5.97 Å². The Kier molecular flexibility index (Phi) is 4.63. The van der Waals surface area contributed by atoms with Crippen LogP contribution in [0.25, 0.3) is 11.1 Å². The van der Waals surface area contributed by atoms with Crippen LogP contribution in [-0.4, -0.2) is 30.1 Å². The van der Waals surface area contributed by atoms with Gasteiger partial charge in [0.15, 0.2) is 5.78 Å². The molecule has 0 saturated carbocycles. The standard InChI is InChI=1S/C16H14O4/c17-15(10-20-11-16(18)19)14-8-6-13(7-9-14)12-4-2-1-3-5-12/h1-9H,10-11H2,(H,18,19). The van der Waals surface area contributed by atoms with E-state index in [0.717, 1.165) is 11.1 Å². The van der Waals surface area contributed by atoms with Crippen molar-refractivity contribution in [1.82, 2.24) is 0 Å². The number of carbonyl (C=O) groups excluding carboxylic acids is 1. The van der Waals surface area contributed by atoms with Crippen molar-refractivity contribution in [2.45, 2.75) is 0 Å². The number of aliphatic carboxylic acids is 1. The number of Topliss-reactive ketones (excluding diaryl/α,β-unsaturated/α-hetero) is 1. The van der Waals surface area contributed by atoms with E-state index in [1.54, 1.807) is 12.1 Å². The summed E-state index contributed by atoms with van der Waals surface area (Å²) in [7, 11) is 0. The summed E-state index contributed by atoms with van der Waals surface area (Å²) >= 11 is 0. The average Bonchev–Trinajstić information content (AvgIpc) is 2.48. The zero-order chi connectivity index (χ0) is 14.4. The van der Waals surface area contributed by atoms with Crippen LogP contribution in [0.2, 0.25) is 0 Å². The molecule has 0 aromatic heterocycles. The Labute approximate surface area is 116 Å². The second kappa shape index (κ2) is 6.63. The van der Waals surface area contributed by atoms with E-state index in [9.17, 15) is 9.59 Å². The van der Waals surface area contributed by atoms with Crippen LogP contribution < -0.4 is 0 Å². The number of ether oxygens (including phenoxy) is 1. The van der Waals surface area contributed by atoms with Crippen LogP contribution in [0.1, 0.15) is 10.4 Å². The Morgan fingerprint density at radius 1 is 0.850 bits per heavy atom. The van der Waals surface area contributed by atoms with Gasteiger partial charge in [0.1, 0.15) is 13.2 Å². The van der Waals surface area contributed by atoms with Crippen molar-refractivity contribution < 1.29 is 19.4 Å². The van der Waals surface area contributed by atoms with Gasteiger partial charge in [-0.3, -0.25) is 4.79 Å². The molecule has 0 radical (unpaired) electrons. The summed E-state index contributed by atoms with van der Waals surface area (Å²) in [5, 5.41) is 8.42. The molecule has 0 heterocycles. The second-order valence-electron chi connectivity index (χ2n) is 4.25. The van der Waals surface area contributed by atoms with Crippen molar-refractivity contribution in [2.75, 3.05) is 13.2 Å². The summed E-state index contributed by atoms with van der Waals surface area (Å²) in [6.07, 6.45) is 0. The molecule has 102 valence electrons. The summed E-state index contributed by atoms with van der Waals surface area (Å²) < 4.78 is 4.78. The largest absolute Gasteiger partial charge is 0.480 e. The third kappa shape index (κ3) is 3.76. The fourth-order valence-corrected chi connectivity index (χ4v) is 1.79. The summed E-state index contributed by atoms with van der Waals surface area (Å²) in [5.41, 5.74) is 2.61. The molecule has 0 fully saturated rings. The second-order valence-corrected chi connectivity index (χ2v) is 4.25. The third-order valence-corrected chi connectivity index (χ3v) is 2.77. The van der Waals surface area contributed by atoms with Crippen LogP contribution in [-0.2, 0) is 9.53 Å². The van der Waals surface area contributed by atoms with Gasteiger partial charge in [0, 0.05) is 5.56 Å². The fourth-order valence-electron chi connectivity index (χ4n) is 1.79. The van der Waals surface area contributed by atoms with Gasteiger partial charge in [-0.25, -0.2) is 4.79 Å². The van der Waals surface area contributed by atoms with E-state index in [1.165, 1.54) is 0 Å². The molecular weight excluding hydrogens is 256 g/mol. The van der Waals surface area contributed by atoms with E-state index in [-0.39, 0.29) is 12.4 Å². The molecule has 2 rings (SSSR count). The summed E-state index contributed by atoms with van der Waals surface area (Å²) in [6.45, 7) is -0.690. The first-order chi connectivity index (χ1) is 9.66. The average molecular weight is 270 g/mol. The predicted octanol–water partition coefficient (Wildman–Crippen LogP) is 2.64. The van der Waals surface area contributed by atoms with Gasteiger partial charge in [0.05, 0.1) is 0 Å². The molecule has 4 heteroatoms. The quantitative estimate of drug-likeness (QED) is 0.819. The van der Waals surface area contributed by atoms with Gasteiger partial charge in [-0.05, 0) is 11.1 Å². The Morgan fingerprint density at radius 2 is 1.45 bits per heavy atom. The molecule has 0 saturated heterocycles. The smallest absolute Gasteiger partial charge is 0.329 e. The number of hydrogen-bond acceptors (Lipinski definition) is 3. The lowest BCUT2D eigenvalue weighted by atomic mass is 10.0. The van der Waals surface area contributed by atoms with Crippen LogP contribution in [0.5, 0.6) is 0 Å². The van der Waals surface area contributed by atoms with E-state index < -0.39 is 12.6 Å². The molecule has 0 unspecified atom stereocenters. The van der Waals surface area contributed by atoms with Crippen molar-refractivity contribution >= 4 is 11.8 Å². The first-order valence-corrected chi connectivity index (χ1v) is 6.15. The molecule has 0 aliphatic heterocycles. The van der Waals surface area contributed by atoms with Gasteiger partial charge < -0.3 is 9.84 Å². The number of carboxylic acid groups (broad SMARTS) is 1. The number of benzene rings is 2. The normalized spacial score (nSPS) is 10.2. The Hall–Kier alpha value is -2.46. The minimum atomic E-state index is -1.09.